The number of benzene rings is 2. The van der Waals surface area contributed by atoms with E-state index in [1.807, 2.05) is 0 Å². The SMILES string of the molecule is CCOC(=O)C1CCCN(C(=O)c2ccc(-c3ccc4cc(C)cc(C(F)(F)F)c4n3)cc2)C1. The number of hydrogen-bond donors (Lipinski definition) is 0. The van der Waals surface area contributed by atoms with Gasteiger partial charge in [0, 0.05) is 29.6 Å². The first-order chi connectivity index (χ1) is 16.2. The molecule has 0 aliphatic carbocycles. The molecule has 0 N–H and O–H groups in total. The fraction of sp³-hybridized carbons (Fsp3) is 0.346. The summed E-state index contributed by atoms with van der Waals surface area (Å²) in [5.41, 5.74) is 1.09. The highest BCUT2D eigenvalue weighted by Gasteiger charge is 2.34. The van der Waals surface area contributed by atoms with Gasteiger partial charge >= 0.3 is 12.1 Å². The van der Waals surface area contributed by atoms with Crippen LogP contribution in [0.3, 0.4) is 0 Å². The number of piperidine rings is 1. The number of pyridine rings is 1. The second-order valence-electron chi connectivity index (χ2n) is 8.50. The molecule has 0 saturated carbocycles. The number of carbonyl (C=O) groups excluding carboxylic acids is 2. The standard InChI is InChI=1S/C26H25F3N2O3/c1-3-34-25(33)20-5-4-12-31(15-20)24(32)18-8-6-17(7-9-18)22-11-10-19-13-16(2)14-21(23(19)30-22)26(27,28)29/h6-11,13-14,20H,3-5,12,15H2,1-2H3. The van der Waals surface area contributed by atoms with E-state index in [0.717, 1.165) is 12.5 Å². The van der Waals surface area contributed by atoms with Gasteiger partial charge in [0.1, 0.15) is 0 Å². The van der Waals surface area contributed by atoms with Gasteiger partial charge in [0.2, 0.25) is 0 Å². The first-order valence-corrected chi connectivity index (χ1v) is 11.2. The van der Waals surface area contributed by atoms with Crippen molar-refractivity contribution in [2.45, 2.75) is 32.9 Å². The zero-order valence-electron chi connectivity index (χ0n) is 19.0. The molecule has 8 heteroatoms. The van der Waals surface area contributed by atoms with E-state index < -0.39 is 11.7 Å². The first-order valence-electron chi connectivity index (χ1n) is 11.2. The summed E-state index contributed by atoms with van der Waals surface area (Å²) in [6.45, 7) is 4.54. The van der Waals surface area contributed by atoms with Crippen molar-refractivity contribution >= 4 is 22.8 Å². The van der Waals surface area contributed by atoms with Crippen molar-refractivity contribution in [1.82, 2.24) is 9.88 Å². The lowest BCUT2D eigenvalue weighted by Gasteiger charge is -2.31. The Morgan fingerprint density at radius 2 is 1.85 bits per heavy atom. The fourth-order valence-corrected chi connectivity index (χ4v) is 4.34. The highest BCUT2D eigenvalue weighted by Crippen LogP contribution is 2.36. The first kappa shape index (κ1) is 23.7. The van der Waals surface area contributed by atoms with Crippen LogP contribution >= 0.6 is 0 Å². The maximum Gasteiger partial charge on any atom is 0.418 e. The van der Waals surface area contributed by atoms with Crippen LogP contribution in [0.1, 0.15) is 41.3 Å². The van der Waals surface area contributed by atoms with Gasteiger partial charge in [-0.2, -0.15) is 13.2 Å². The lowest BCUT2D eigenvalue weighted by molar-refractivity contribution is -0.149. The Bertz CT molecular complexity index is 1220. The molecule has 2 aromatic carbocycles. The Kier molecular flexibility index (Phi) is 6.59. The van der Waals surface area contributed by atoms with Crippen molar-refractivity contribution in [2.24, 2.45) is 5.92 Å². The molecule has 0 radical (unpaired) electrons. The molecular weight excluding hydrogens is 445 g/mol. The minimum Gasteiger partial charge on any atom is -0.466 e. The minimum atomic E-state index is -4.51. The zero-order chi connectivity index (χ0) is 24.5. The van der Waals surface area contributed by atoms with Gasteiger partial charge in [0.25, 0.3) is 5.91 Å². The summed E-state index contributed by atoms with van der Waals surface area (Å²) < 4.78 is 45.8. The fourth-order valence-electron chi connectivity index (χ4n) is 4.34. The lowest BCUT2D eigenvalue weighted by atomic mass is 9.97. The summed E-state index contributed by atoms with van der Waals surface area (Å²) in [5.74, 6) is -0.807. The van der Waals surface area contributed by atoms with Crippen LogP contribution in [0.5, 0.6) is 0 Å². The molecule has 1 aliphatic heterocycles. The van der Waals surface area contributed by atoms with Crippen LogP contribution in [0.15, 0.2) is 48.5 Å². The summed E-state index contributed by atoms with van der Waals surface area (Å²) in [6.07, 6.45) is -3.11. The molecule has 2 heterocycles. The van der Waals surface area contributed by atoms with E-state index in [1.165, 1.54) is 0 Å². The van der Waals surface area contributed by atoms with Gasteiger partial charge in [-0.1, -0.05) is 18.2 Å². The quantitative estimate of drug-likeness (QED) is 0.463. The number of rotatable bonds is 4. The molecule has 0 spiro atoms. The Morgan fingerprint density at radius 3 is 2.53 bits per heavy atom. The van der Waals surface area contributed by atoms with Crippen LogP contribution in [0.25, 0.3) is 22.2 Å². The second kappa shape index (κ2) is 9.44. The molecule has 1 atom stereocenters. The van der Waals surface area contributed by atoms with Gasteiger partial charge in [0.15, 0.2) is 0 Å². The van der Waals surface area contributed by atoms with Gasteiger partial charge in [-0.15, -0.1) is 0 Å². The predicted molar refractivity (Wildman–Crippen MR) is 122 cm³/mol. The van der Waals surface area contributed by atoms with Crippen molar-refractivity contribution in [1.29, 1.82) is 0 Å². The molecule has 0 bridgehead atoms. The second-order valence-corrected chi connectivity index (χ2v) is 8.50. The third-order valence-corrected chi connectivity index (χ3v) is 6.00. The molecule has 178 valence electrons. The summed E-state index contributed by atoms with van der Waals surface area (Å²) in [7, 11) is 0. The zero-order valence-corrected chi connectivity index (χ0v) is 19.0. The summed E-state index contributed by atoms with van der Waals surface area (Å²) in [5, 5.41) is 0.420. The molecule has 1 unspecified atom stereocenters. The molecule has 1 aromatic heterocycles. The average Bonchev–Trinajstić information content (AvgIpc) is 2.82. The number of amides is 1. The number of fused-ring (bicyclic) bond motifs is 1. The molecular formula is C26H25F3N2O3. The van der Waals surface area contributed by atoms with Gasteiger partial charge in [0.05, 0.1) is 29.3 Å². The van der Waals surface area contributed by atoms with Crippen LogP contribution in [-0.2, 0) is 15.7 Å². The van der Waals surface area contributed by atoms with E-state index >= 15 is 0 Å². The van der Waals surface area contributed by atoms with Crippen molar-refractivity contribution in [3.63, 3.8) is 0 Å². The smallest absolute Gasteiger partial charge is 0.418 e. The maximum atomic E-state index is 13.6. The molecule has 1 amide bonds. The number of carbonyl (C=O) groups is 2. The van der Waals surface area contributed by atoms with Gasteiger partial charge in [-0.25, -0.2) is 4.98 Å². The van der Waals surface area contributed by atoms with Crippen molar-refractivity contribution in [3.8, 4) is 11.3 Å². The minimum absolute atomic E-state index is 0.103. The highest BCUT2D eigenvalue weighted by molar-refractivity contribution is 5.95. The van der Waals surface area contributed by atoms with Crippen LogP contribution in [0.4, 0.5) is 13.2 Å². The normalized spacial score (nSPS) is 16.5. The third-order valence-electron chi connectivity index (χ3n) is 6.00. The topological polar surface area (TPSA) is 59.5 Å². The number of hydrogen-bond acceptors (Lipinski definition) is 4. The molecule has 3 aromatic rings. The number of ether oxygens (including phenoxy) is 1. The van der Waals surface area contributed by atoms with Crippen LogP contribution in [-0.4, -0.2) is 41.5 Å². The molecule has 4 rings (SSSR count). The number of esters is 1. The predicted octanol–water partition coefficient (Wildman–Crippen LogP) is 5.64. The van der Waals surface area contributed by atoms with E-state index in [1.54, 1.807) is 61.2 Å². The number of aromatic nitrogens is 1. The van der Waals surface area contributed by atoms with E-state index in [4.69, 9.17) is 4.74 Å². The monoisotopic (exact) mass is 470 g/mol. The van der Waals surface area contributed by atoms with Crippen LogP contribution in [0.2, 0.25) is 0 Å². The highest BCUT2D eigenvalue weighted by atomic mass is 19.4. The van der Waals surface area contributed by atoms with Crippen molar-refractivity contribution in [2.75, 3.05) is 19.7 Å². The molecule has 1 saturated heterocycles. The Balaban J connectivity index is 1.57. The number of nitrogens with zero attached hydrogens (tertiary/aromatic N) is 2. The van der Waals surface area contributed by atoms with E-state index in [-0.39, 0.29) is 23.3 Å². The lowest BCUT2D eigenvalue weighted by Crippen LogP contribution is -2.42. The molecule has 1 fully saturated rings. The van der Waals surface area contributed by atoms with Crippen molar-refractivity contribution < 1.29 is 27.5 Å². The molecule has 34 heavy (non-hydrogen) atoms. The third kappa shape index (κ3) is 4.90. The Morgan fingerprint density at radius 1 is 1.12 bits per heavy atom. The van der Waals surface area contributed by atoms with Gasteiger partial charge in [-0.05, 0) is 62.6 Å². The van der Waals surface area contributed by atoms with E-state index in [2.05, 4.69) is 4.98 Å². The summed E-state index contributed by atoms with van der Waals surface area (Å²) in [6, 6.07) is 12.7. The summed E-state index contributed by atoms with van der Waals surface area (Å²) >= 11 is 0. The number of aryl methyl sites for hydroxylation is 1. The van der Waals surface area contributed by atoms with E-state index in [9.17, 15) is 22.8 Å². The van der Waals surface area contributed by atoms with Crippen molar-refractivity contribution in [3.05, 3.63) is 65.2 Å². The number of likely N-dealkylation sites (tertiary alicyclic amines) is 1. The Labute approximate surface area is 195 Å². The van der Waals surface area contributed by atoms with Crippen LogP contribution in [0, 0.1) is 12.8 Å². The van der Waals surface area contributed by atoms with Crippen LogP contribution < -0.4 is 0 Å². The molecule has 5 nitrogen and oxygen atoms in total. The average molecular weight is 470 g/mol. The molecule has 1 aliphatic rings. The number of alkyl halides is 3. The van der Waals surface area contributed by atoms with Gasteiger partial charge < -0.3 is 9.64 Å². The van der Waals surface area contributed by atoms with Gasteiger partial charge in [-0.3, -0.25) is 9.59 Å². The largest absolute Gasteiger partial charge is 0.466 e. The number of halogens is 3. The maximum absolute atomic E-state index is 13.6. The van der Waals surface area contributed by atoms with E-state index in [0.29, 0.717) is 53.9 Å². The summed E-state index contributed by atoms with van der Waals surface area (Å²) in [4.78, 5) is 31.0. The Hall–Kier alpha value is -3.42.